The van der Waals surface area contributed by atoms with Crippen LogP contribution in [0, 0.1) is 13.8 Å². The van der Waals surface area contributed by atoms with Gasteiger partial charge in [0.15, 0.2) is 16.6 Å². The summed E-state index contributed by atoms with van der Waals surface area (Å²) in [6.45, 7) is 3.53. The number of phenolic OH excluding ortho intramolecular Hbond substituents is 2. The number of thiazole rings is 1. The Morgan fingerprint density at radius 2 is 1.56 bits per heavy atom. The molecule has 9 nitrogen and oxygen atoms in total. The highest BCUT2D eigenvalue weighted by Gasteiger charge is 2.16. The zero-order valence-corrected chi connectivity index (χ0v) is 18.7. The van der Waals surface area contributed by atoms with Crippen LogP contribution in [-0.2, 0) is 10.0 Å². The molecule has 32 heavy (non-hydrogen) atoms. The first-order valence-corrected chi connectivity index (χ1v) is 11.8. The Kier molecular flexibility index (Phi) is 5.68. The fourth-order valence-electron chi connectivity index (χ4n) is 2.94. The maximum atomic E-state index is 12.6. The zero-order valence-electron chi connectivity index (χ0n) is 17.1. The van der Waals surface area contributed by atoms with Gasteiger partial charge in [-0.1, -0.05) is 0 Å². The second-order valence-corrected chi connectivity index (χ2v) is 9.51. The molecule has 2 aromatic heterocycles. The van der Waals surface area contributed by atoms with Gasteiger partial charge in [-0.25, -0.2) is 28.1 Å². The Morgan fingerprint density at radius 1 is 0.875 bits per heavy atom. The summed E-state index contributed by atoms with van der Waals surface area (Å²) in [4.78, 5) is 12.7. The predicted octanol–water partition coefficient (Wildman–Crippen LogP) is 4.17. The van der Waals surface area contributed by atoms with E-state index in [1.165, 1.54) is 35.6 Å². The van der Waals surface area contributed by atoms with Crippen molar-refractivity contribution in [2.75, 3.05) is 10.0 Å². The minimum atomic E-state index is -3.84. The number of hydrogen-bond donors (Lipinski definition) is 4. The number of aryl methyl sites for hydroxylation is 2. The van der Waals surface area contributed by atoms with E-state index in [-0.39, 0.29) is 22.3 Å². The molecule has 0 aliphatic carbocycles. The van der Waals surface area contributed by atoms with Crippen LogP contribution in [0.5, 0.6) is 11.5 Å². The van der Waals surface area contributed by atoms with E-state index < -0.39 is 10.0 Å². The van der Waals surface area contributed by atoms with E-state index in [0.29, 0.717) is 33.5 Å². The van der Waals surface area contributed by atoms with Gasteiger partial charge >= 0.3 is 0 Å². The van der Waals surface area contributed by atoms with Crippen LogP contribution in [-0.4, -0.2) is 33.6 Å². The molecule has 0 atom stereocenters. The van der Waals surface area contributed by atoms with E-state index in [1.54, 1.807) is 43.5 Å². The van der Waals surface area contributed by atoms with Crippen LogP contribution in [0.2, 0.25) is 0 Å². The van der Waals surface area contributed by atoms with E-state index >= 15 is 0 Å². The van der Waals surface area contributed by atoms with Gasteiger partial charge in [-0.15, -0.1) is 11.3 Å². The normalized spacial score (nSPS) is 11.3. The van der Waals surface area contributed by atoms with Crippen molar-refractivity contribution in [3.8, 4) is 22.8 Å². The maximum absolute atomic E-state index is 12.6. The molecule has 2 heterocycles. The Labute approximate surface area is 188 Å². The standard InChI is InChI=1S/C21H19N5O4S2/c1-12-9-13(2)23-20(22-12)26-32(29,30)16-6-4-15(5-7-16)24-21-25-17(11-31-21)14-3-8-18(27)19(28)10-14/h3-11,27-28H,1-2H3,(H,24,25)(H,22,23,26). The highest BCUT2D eigenvalue weighted by molar-refractivity contribution is 7.92. The minimum absolute atomic E-state index is 0.0280. The molecule has 0 spiro atoms. The fraction of sp³-hybridized carbons (Fsp3) is 0.0952. The van der Waals surface area contributed by atoms with E-state index in [1.807, 2.05) is 0 Å². The molecule has 0 aliphatic rings. The van der Waals surface area contributed by atoms with Crippen molar-refractivity contribution in [1.82, 2.24) is 15.0 Å². The van der Waals surface area contributed by atoms with Crippen molar-refractivity contribution in [2.24, 2.45) is 0 Å². The molecule has 0 saturated heterocycles. The molecule has 0 unspecified atom stereocenters. The van der Waals surface area contributed by atoms with Gasteiger partial charge in [0, 0.05) is 28.0 Å². The Hall–Kier alpha value is -3.70. The van der Waals surface area contributed by atoms with Gasteiger partial charge in [0.2, 0.25) is 5.95 Å². The molecule has 164 valence electrons. The SMILES string of the molecule is Cc1cc(C)nc(NS(=O)(=O)c2ccc(Nc3nc(-c4ccc(O)c(O)c4)cs3)cc2)n1. The van der Waals surface area contributed by atoms with Crippen molar-refractivity contribution in [3.63, 3.8) is 0 Å². The van der Waals surface area contributed by atoms with Gasteiger partial charge in [-0.05, 0) is 62.4 Å². The quantitative estimate of drug-likeness (QED) is 0.309. The predicted molar refractivity (Wildman–Crippen MR) is 123 cm³/mol. The largest absolute Gasteiger partial charge is 0.504 e. The number of rotatable bonds is 6. The summed E-state index contributed by atoms with van der Waals surface area (Å²) >= 11 is 1.35. The number of hydrogen-bond acceptors (Lipinski definition) is 9. The molecule has 0 saturated carbocycles. The third kappa shape index (κ3) is 4.79. The smallest absolute Gasteiger partial charge is 0.264 e. The number of aromatic nitrogens is 3. The molecule has 0 amide bonds. The number of nitrogens with zero attached hydrogens (tertiary/aromatic N) is 3. The molecule has 4 N–H and O–H groups in total. The van der Waals surface area contributed by atoms with Gasteiger partial charge in [-0.3, -0.25) is 0 Å². The van der Waals surface area contributed by atoms with Crippen LogP contribution in [0.4, 0.5) is 16.8 Å². The van der Waals surface area contributed by atoms with Gasteiger partial charge in [-0.2, -0.15) is 0 Å². The summed E-state index contributed by atoms with van der Waals surface area (Å²) in [6.07, 6.45) is 0. The third-order valence-corrected chi connectivity index (χ3v) is 6.50. The lowest BCUT2D eigenvalue weighted by molar-refractivity contribution is 0.404. The Balaban J connectivity index is 1.48. The average molecular weight is 470 g/mol. The van der Waals surface area contributed by atoms with Crippen LogP contribution in [0.15, 0.2) is 58.8 Å². The number of phenols is 2. The second kappa shape index (κ2) is 8.44. The van der Waals surface area contributed by atoms with E-state index in [9.17, 15) is 18.6 Å². The molecule has 0 fully saturated rings. The summed E-state index contributed by atoms with van der Waals surface area (Å²) in [5.74, 6) is -0.391. The molecule has 4 aromatic rings. The minimum Gasteiger partial charge on any atom is -0.504 e. The van der Waals surface area contributed by atoms with E-state index in [2.05, 4.69) is 25.0 Å². The van der Waals surface area contributed by atoms with Gasteiger partial charge < -0.3 is 15.5 Å². The number of anilines is 3. The first-order valence-electron chi connectivity index (χ1n) is 9.40. The Bertz CT molecular complexity index is 1370. The number of aromatic hydroxyl groups is 2. The summed E-state index contributed by atoms with van der Waals surface area (Å²) < 4.78 is 27.7. The molecule has 11 heteroatoms. The van der Waals surface area contributed by atoms with Gasteiger partial charge in [0.25, 0.3) is 10.0 Å². The molecule has 2 aromatic carbocycles. The van der Waals surface area contributed by atoms with Crippen LogP contribution in [0.25, 0.3) is 11.3 Å². The van der Waals surface area contributed by atoms with Crippen LogP contribution < -0.4 is 10.0 Å². The van der Waals surface area contributed by atoms with Crippen molar-refractivity contribution < 1.29 is 18.6 Å². The maximum Gasteiger partial charge on any atom is 0.264 e. The first-order chi connectivity index (χ1) is 15.2. The first kappa shape index (κ1) is 21.5. The number of nitrogens with one attached hydrogen (secondary N) is 2. The molecule has 4 rings (SSSR count). The fourth-order valence-corrected chi connectivity index (χ4v) is 4.62. The Morgan fingerprint density at radius 3 is 2.22 bits per heavy atom. The third-order valence-electron chi connectivity index (χ3n) is 4.40. The lowest BCUT2D eigenvalue weighted by atomic mass is 10.1. The van der Waals surface area contributed by atoms with Crippen LogP contribution in [0.3, 0.4) is 0 Å². The lowest BCUT2D eigenvalue weighted by Gasteiger charge is -2.09. The zero-order chi connectivity index (χ0) is 22.9. The average Bonchev–Trinajstić information content (AvgIpc) is 3.18. The van der Waals surface area contributed by atoms with Crippen LogP contribution in [0.1, 0.15) is 11.4 Å². The van der Waals surface area contributed by atoms with Crippen molar-refractivity contribution >= 4 is 38.1 Å². The topological polar surface area (TPSA) is 137 Å². The number of sulfonamides is 1. The van der Waals surface area contributed by atoms with Crippen molar-refractivity contribution in [1.29, 1.82) is 0 Å². The highest BCUT2D eigenvalue weighted by atomic mass is 32.2. The summed E-state index contributed by atoms with van der Waals surface area (Å²) in [5, 5.41) is 24.6. The lowest BCUT2D eigenvalue weighted by Crippen LogP contribution is -2.15. The van der Waals surface area contributed by atoms with Crippen LogP contribution >= 0.6 is 11.3 Å². The number of benzene rings is 2. The molecular weight excluding hydrogens is 450 g/mol. The summed E-state index contributed by atoms with van der Waals surface area (Å²) in [5.41, 5.74) is 3.27. The summed E-state index contributed by atoms with van der Waals surface area (Å²) in [7, 11) is -3.84. The van der Waals surface area contributed by atoms with E-state index in [4.69, 9.17) is 0 Å². The summed E-state index contributed by atoms with van der Waals surface area (Å²) in [6, 6.07) is 12.4. The highest BCUT2D eigenvalue weighted by Crippen LogP contribution is 2.33. The van der Waals surface area contributed by atoms with Gasteiger partial charge in [0.1, 0.15) is 0 Å². The molecule has 0 bridgehead atoms. The second-order valence-electron chi connectivity index (χ2n) is 6.97. The van der Waals surface area contributed by atoms with Gasteiger partial charge in [0.05, 0.1) is 10.6 Å². The molecule has 0 aliphatic heterocycles. The monoisotopic (exact) mass is 469 g/mol. The molecular formula is C21H19N5O4S2. The molecule has 0 radical (unpaired) electrons. The van der Waals surface area contributed by atoms with Crippen molar-refractivity contribution in [3.05, 3.63) is 65.3 Å². The van der Waals surface area contributed by atoms with E-state index in [0.717, 1.165) is 0 Å². The van der Waals surface area contributed by atoms with Crippen molar-refractivity contribution in [2.45, 2.75) is 18.7 Å².